The van der Waals surface area contributed by atoms with E-state index < -0.39 is 12.0 Å². The second kappa shape index (κ2) is 11.9. The fourth-order valence-corrected chi connectivity index (χ4v) is 4.59. The number of ether oxygens (including phenoxy) is 1. The number of benzene rings is 1. The maximum absolute atomic E-state index is 12.4. The van der Waals surface area contributed by atoms with Gasteiger partial charge in [-0.2, -0.15) is 4.98 Å². The number of carboxylic acid groups (broad SMARTS) is 1. The third-order valence-electron chi connectivity index (χ3n) is 6.71. The number of rotatable bonds is 10. The number of carboxylic acids is 1. The molecule has 2 aliphatic heterocycles. The summed E-state index contributed by atoms with van der Waals surface area (Å²) in [5.41, 5.74) is 1.23. The van der Waals surface area contributed by atoms with Crippen molar-refractivity contribution in [2.24, 2.45) is 0 Å². The minimum Gasteiger partial charge on any atom is -0.480 e. The number of carbonyl (C=O) groups excluding carboxylic acids is 2. The number of amides is 2. The van der Waals surface area contributed by atoms with E-state index >= 15 is 0 Å². The van der Waals surface area contributed by atoms with Crippen LogP contribution in [0.3, 0.4) is 0 Å². The van der Waals surface area contributed by atoms with Gasteiger partial charge in [0.1, 0.15) is 17.5 Å². The zero-order valence-electron chi connectivity index (χ0n) is 21.4. The first-order valence-electron chi connectivity index (χ1n) is 12.9. The Labute approximate surface area is 216 Å². The summed E-state index contributed by atoms with van der Waals surface area (Å²) in [6.45, 7) is 7.30. The van der Waals surface area contributed by atoms with E-state index in [1.165, 1.54) is 0 Å². The summed E-state index contributed by atoms with van der Waals surface area (Å²) >= 11 is 0. The van der Waals surface area contributed by atoms with Crippen LogP contribution in [-0.4, -0.2) is 76.7 Å². The fraction of sp³-hybridized carbons (Fsp3) is 0.500. The lowest BCUT2D eigenvalue weighted by molar-refractivity contribution is -0.137. The molecule has 0 unspecified atom stereocenters. The highest BCUT2D eigenvalue weighted by molar-refractivity contribution is 5.98. The first-order chi connectivity index (χ1) is 17.9. The highest BCUT2D eigenvalue weighted by Gasteiger charge is 2.28. The molecule has 3 heterocycles. The molecule has 0 spiro atoms. The molecule has 4 rings (SSSR count). The molecular weight excluding hydrogens is 476 g/mol. The van der Waals surface area contributed by atoms with Gasteiger partial charge in [-0.05, 0) is 50.8 Å². The Kier molecular flexibility index (Phi) is 8.42. The summed E-state index contributed by atoms with van der Waals surface area (Å²) in [6.07, 6.45) is 4.51. The van der Waals surface area contributed by atoms with Crippen LogP contribution in [0.15, 0.2) is 30.5 Å². The molecule has 2 fully saturated rings. The molecule has 198 valence electrons. The van der Waals surface area contributed by atoms with Gasteiger partial charge in [0.25, 0.3) is 0 Å². The lowest BCUT2D eigenvalue weighted by atomic mass is 10.1. The van der Waals surface area contributed by atoms with E-state index in [4.69, 9.17) is 4.74 Å². The van der Waals surface area contributed by atoms with Crippen LogP contribution in [0.1, 0.15) is 45.1 Å². The van der Waals surface area contributed by atoms with Gasteiger partial charge in [-0.15, -0.1) is 0 Å². The summed E-state index contributed by atoms with van der Waals surface area (Å²) in [5, 5.41) is 13.1. The Morgan fingerprint density at radius 3 is 2.41 bits per heavy atom. The van der Waals surface area contributed by atoms with Crippen LogP contribution < -0.4 is 19.9 Å². The van der Waals surface area contributed by atoms with Crippen molar-refractivity contribution in [3.05, 3.63) is 36.0 Å². The zero-order chi connectivity index (χ0) is 26.4. The molecule has 1 aromatic carbocycles. The van der Waals surface area contributed by atoms with E-state index in [-0.39, 0.29) is 18.4 Å². The predicted molar refractivity (Wildman–Crippen MR) is 139 cm³/mol. The number of hydrogen-bond acceptors (Lipinski definition) is 8. The smallest absolute Gasteiger partial charge is 0.415 e. The lowest BCUT2D eigenvalue weighted by Gasteiger charge is -2.25. The van der Waals surface area contributed by atoms with Crippen LogP contribution >= 0.6 is 0 Å². The van der Waals surface area contributed by atoms with Crippen molar-refractivity contribution in [1.29, 1.82) is 0 Å². The number of aliphatic carboxylic acids is 1. The normalized spacial score (nSPS) is 16.1. The van der Waals surface area contributed by atoms with Gasteiger partial charge in [0.15, 0.2) is 5.82 Å². The molecule has 11 heteroatoms. The van der Waals surface area contributed by atoms with E-state index in [2.05, 4.69) is 15.3 Å². The third kappa shape index (κ3) is 6.28. The lowest BCUT2D eigenvalue weighted by Crippen LogP contribution is -2.34. The van der Waals surface area contributed by atoms with Gasteiger partial charge in [-0.1, -0.05) is 12.1 Å². The second-order valence-corrected chi connectivity index (χ2v) is 9.17. The number of aromatic nitrogens is 2. The van der Waals surface area contributed by atoms with Crippen molar-refractivity contribution in [3.8, 4) is 5.75 Å². The van der Waals surface area contributed by atoms with Gasteiger partial charge >= 0.3 is 12.1 Å². The maximum Gasteiger partial charge on any atom is 0.415 e. The van der Waals surface area contributed by atoms with Crippen LogP contribution in [0.25, 0.3) is 0 Å². The van der Waals surface area contributed by atoms with Crippen LogP contribution in [-0.2, 0) is 16.0 Å². The van der Waals surface area contributed by atoms with Gasteiger partial charge in [0, 0.05) is 45.6 Å². The minimum atomic E-state index is -1.05. The topological polar surface area (TPSA) is 128 Å². The van der Waals surface area contributed by atoms with Crippen molar-refractivity contribution in [2.75, 3.05) is 47.8 Å². The Morgan fingerprint density at radius 2 is 1.81 bits per heavy atom. The van der Waals surface area contributed by atoms with Crippen LogP contribution in [0.2, 0.25) is 0 Å². The molecule has 2 N–H and O–H groups in total. The minimum absolute atomic E-state index is 0.0341. The molecule has 2 aromatic rings. The summed E-state index contributed by atoms with van der Waals surface area (Å²) in [7, 11) is 0. The largest absolute Gasteiger partial charge is 0.480 e. The third-order valence-corrected chi connectivity index (χ3v) is 6.71. The Morgan fingerprint density at radius 1 is 1.11 bits per heavy atom. The quantitative estimate of drug-likeness (QED) is 0.495. The molecule has 0 radical (unpaired) electrons. The van der Waals surface area contributed by atoms with Gasteiger partial charge in [0.05, 0.1) is 6.20 Å². The highest BCUT2D eigenvalue weighted by atomic mass is 16.6. The molecule has 0 aliphatic carbocycles. The first-order valence-corrected chi connectivity index (χ1v) is 12.9. The zero-order valence-corrected chi connectivity index (χ0v) is 21.4. The van der Waals surface area contributed by atoms with Crippen LogP contribution in [0.4, 0.5) is 22.2 Å². The van der Waals surface area contributed by atoms with Crippen molar-refractivity contribution >= 4 is 35.4 Å². The van der Waals surface area contributed by atoms with E-state index in [0.29, 0.717) is 62.3 Å². The van der Waals surface area contributed by atoms with Crippen molar-refractivity contribution < 1.29 is 24.2 Å². The SMILES string of the molecule is CCN(CC)c1ncc(N2CCCC2=O)c(N[C@H](Cc2ccc(OC(=O)N3CCCC3)cc2)C(=O)O)n1. The molecule has 0 bridgehead atoms. The number of nitrogens with one attached hydrogen (secondary N) is 1. The summed E-state index contributed by atoms with van der Waals surface area (Å²) in [5.74, 6) is 0.112. The monoisotopic (exact) mass is 510 g/mol. The fourth-order valence-electron chi connectivity index (χ4n) is 4.59. The van der Waals surface area contributed by atoms with Gasteiger partial charge < -0.3 is 29.9 Å². The average molecular weight is 511 g/mol. The Balaban J connectivity index is 1.52. The Bertz CT molecular complexity index is 1110. The highest BCUT2D eigenvalue weighted by Crippen LogP contribution is 2.30. The maximum atomic E-state index is 12.4. The van der Waals surface area contributed by atoms with Gasteiger partial charge in [-0.3, -0.25) is 4.79 Å². The molecule has 37 heavy (non-hydrogen) atoms. The van der Waals surface area contributed by atoms with Crippen molar-refractivity contribution in [2.45, 2.75) is 52.0 Å². The molecular formula is C26H34N6O5. The second-order valence-electron chi connectivity index (χ2n) is 9.17. The van der Waals surface area contributed by atoms with Gasteiger partial charge in [0.2, 0.25) is 11.9 Å². The number of carbonyl (C=O) groups is 3. The van der Waals surface area contributed by atoms with Crippen molar-refractivity contribution in [3.63, 3.8) is 0 Å². The summed E-state index contributed by atoms with van der Waals surface area (Å²) < 4.78 is 5.44. The summed E-state index contributed by atoms with van der Waals surface area (Å²) in [4.78, 5) is 51.2. The van der Waals surface area contributed by atoms with E-state index in [9.17, 15) is 19.5 Å². The molecule has 1 aromatic heterocycles. The summed E-state index contributed by atoms with van der Waals surface area (Å²) in [6, 6.07) is 5.82. The van der Waals surface area contributed by atoms with Crippen LogP contribution in [0.5, 0.6) is 5.75 Å². The number of nitrogens with zero attached hydrogens (tertiary/aromatic N) is 5. The first kappa shape index (κ1) is 26.2. The number of likely N-dealkylation sites (tertiary alicyclic amines) is 1. The van der Waals surface area contributed by atoms with E-state index in [1.807, 2.05) is 18.7 Å². The van der Waals surface area contributed by atoms with Crippen molar-refractivity contribution in [1.82, 2.24) is 14.9 Å². The molecule has 2 amide bonds. The Hall–Kier alpha value is -3.89. The van der Waals surface area contributed by atoms with Crippen LogP contribution in [0, 0.1) is 0 Å². The number of hydrogen-bond donors (Lipinski definition) is 2. The average Bonchev–Trinajstić information content (AvgIpc) is 3.58. The van der Waals surface area contributed by atoms with E-state index in [1.54, 1.807) is 40.3 Å². The molecule has 11 nitrogen and oxygen atoms in total. The molecule has 1 atom stereocenters. The predicted octanol–water partition coefficient (Wildman–Crippen LogP) is 3.15. The molecule has 2 saturated heterocycles. The number of anilines is 3. The molecule has 0 saturated carbocycles. The van der Waals surface area contributed by atoms with Gasteiger partial charge in [-0.25, -0.2) is 14.6 Å². The van der Waals surface area contributed by atoms with E-state index in [0.717, 1.165) is 24.8 Å². The standard InChI is InChI=1S/C26H34N6O5/c1-3-30(4-2)25-27-17-21(32-15-7-8-22(32)33)23(29-25)28-20(24(34)35)16-18-9-11-19(12-10-18)37-26(36)31-13-5-6-14-31/h9-12,17,20H,3-8,13-16H2,1-2H3,(H,34,35)(H,27,28,29)/t20-/m1/s1. The molecule has 2 aliphatic rings.